The van der Waals surface area contributed by atoms with Crippen molar-refractivity contribution < 1.29 is 9.53 Å². The van der Waals surface area contributed by atoms with E-state index in [4.69, 9.17) is 4.74 Å². The molecule has 0 saturated carbocycles. The van der Waals surface area contributed by atoms with Gasteiger partial charge in [0.25, 0.3) is 0 Å². The zero-order chi connectivity index (χ0) is 13.8. The van der Waals surface area contributed by atoms with E-state index in [0.717, 1.165) is 12.1 Å². The topological polar surface area (TPSA) is 47.4 Å². The number of aromatic nitrogens is 2. The Morgan fingerprint density at radius 3 is 2.90 bits per heavy atom. The van der Waals surface area contributed by atoms with Crippen molar-refractivity contribution in [3.05, 3.63) is 54.6 Å². The maximum atomic E-state index is 11.9. The van der Waals surface area contributed by atoms with E-state index in [9.17, 15) is 4.79 Å². The third kappa shape index (κ3) is 3.05. The number of nitrogens with zero attached hydrogens (tertiary/aromatic N) is 3. The predicted molar refractivity (Wildman–Crippen MR) is 73.8 cm³/mol. The number of hydrogen-bond acceptors (Lipinski definition) is 3. The van der Waals surface area contributed by atoms with Gasteiger partial charge in [-0.05, 0) is 5.56 Å². The Balaban J connectivity index is 1.63. The number of morpholine rings is 1. The van der Waals surface area contributed by atoms with Gasteiger partial charge in [0.15, 0.2) is 0 Å². The number of rotatable bonds is 4. The minimum atomic E-state index is 0.0191. The van der Waals surface area contributed by atoms with Gasteiger partial charge in [0.1, 0.15) is 6.61 Å². The number of carbonyl (C=O) groups is 1. The molecule has 1 fully saturated rings. The molecule has 2 aromatic rings. The van der Waals surface area contributed by atoms with Crippen molar-refractivity contribution in [3.8, 4) is 0 Å². The van der Waals surface area contributed by atoms with E-state index in [1.54, 1.807) is 12.5 Å². The monoisotopic (exact) mass is 271 g/mol. The molecule has 0 aliphatic carbocycles. The quantitative estimate of drug-likeness (QED) is 0.842. The average Bonchev–Trinajstić information content (AvgIpc) is 2.97. The van der Waals surface area contributed by atoms with Gasteiger partial charge in [-0.15, -0.1) is 0 Å². The summed E-state index contributed by atoms with van der Waals surface area (Å²) in [6, 6.07) is 10.0. The number of carbonyl (C=O) groups excluding carboxylic acids is 1. The molecule has 5 heteroatoms. The summed E-state index contributed by atoms with van der Waals surface area (Å²) in [5.41, 5.74) is 1.14. The van der Waals surface area contributed by atoms with Crippen molar-refractivity contribution >= 4 is 5.91 Å². The molecule has 3 rings (SSSR count). The fourth-order valence-corrected chi connectivity index (χ4v) is 2.38. The molecule has 1 unspecified atom stereocenters. The summed E-state index contributed by atoms with van der Waals surface area (Å²) in [4.78, 5) is 17.8. The molecule has 2 heterocycles. The molecule has 0 spiro atoms. The lowest BCUT2D eigenvalue weighted by atomic mass is 10.2. The number of imidazole rings is 1. The molecule has 1 atom stereocenters. The van der Waals surface area contributed by atoms with Gasteiger partial charge in [-0.3, -0.25) is 4.79 Å². The van der Waals surface area contributed by atoms with Gasteiger partial charge in [0, 0.05) is 25.5 Å². The van der Waals surface area contributed by atoms with Crippen molar-refractivity contribution in [2.24, 2.45) is 0 Å². The second kappa shape index (κ2) is 5.88. The first-order valence-corrected chi connectivity index (χ1v) is 6.70. The van der Waals surface area contributed by atoms with Crippen LogP contribution in [0.1, 0.15) is 5.56 Å². The molecule has 1 amide bonds. The third-order valence-corrected chi connectivity index (χ3v) is 3.41. The van der Waals surface area contributed by atoms with Crippen LogP contribution in [-0.4, -0.2) is 39.6 Å². The Labute approximate surface area is 117 Å². The minimum Gasteiger partial charge on any atom is -0.365 e. The molecular formula is C15H17N3O2. The number of hydrogen-bond donors (Lipinski definition) is 0. The van der Waals surface area contributed by atoms with Crippen LogP contribution in [0, 0.1) is 0 Å². The maximum Gasteiger partial charge on any atom is 0.248 e. The molecule has 0 radical (unpaired) electrons. The first-order valence-electron chi connectivity index (χ1n) is 6.70. The average molecular weight is 271 g/mol. The summed E-state index contributed by atoms with van der Waals surface area (Å²) in [7, 11) is 0. The van der Waals surface area contributed by atoms with Crippen LogP contribution in [0.2, 0.25) is 0 Å². The van der Waals surface area contributed by atoms with Crippen molar-refractivity contribution in [2.75, 3.05) is 13.2 Å². The lowest BCUT2D eigenvalue weighted by Crippen LogP contribution is -2.47. The lowest BCUT2D eigenvalue weighted by Gasteiger charge is -2.33. The van der Waals surface area contributed by atoms with Crippen LogP contribution in [0.15, 0.2) is 49.1 Å². The zero-order valence-electron chi connectivity index (χ0n) is 11.2. The highest BCUT2D eigenvalue weighted by molar-refractivity contribution is 5.78. The molecular weight excluding hydrogens is 254 g/mol. The Kier molecular flexibility index (Phi) is 3.78. The Bertz CT molecular complexity index is 554. The number of amides is 1. The molecule has 0 N–H and O–H groups in total. The molecule has 5 nitrogen and oxygen atoms in total. The molecule has 1 aliphatic heterocycles. The van der Waals surface area contributed by atoms with Crippen molar-refractivity contribution in [1.29, 1.82) is 0 Å². The second-order valence-corrected chi connectivity index (χ2v) is 4.95. The van der Waals surface area contributed by atoms with Crippen molar-refractivity contribution in [1.82, 2.24) is 14.5 Å². The molecule has 1 aromatic heterocycles. The maximum absolute atomic E-state index is 11.9. The van der Waals surface area contributed by atoms with Gasteiger partial charge in [-0.1, -0.05) is 30.3 Å². The summed E-state index contributed by atoms with van der Waals surface area (Å²) < 4.78 is 7.57. The predicted octanol–water partition coefficient (Wildman–Crippen LogP) is 1.31. The first-order chi connectivity index (χ1) is 9.81. The first kappa shape index (κ1) is 12.9. The van der Waals surface area contributed by atoms with Crippen LogP contribution in [0.25, 0.3) is 0 Å². The van der Waals surface area contributed by atoms with E-state index < -0.39 is 0 Å². The van der Waals surface area contributed by atoms with Gasteiger partial charge in [-0.2, -0.15) is 0 Å². The highest BCUT2D eigenvalue weighted by Crippen LogP contribution is 2.12. The smallest absolute Gasteiger partial charge is 0.248 e. The molecule has 0 bridgehead atoms. The fourth-order valence-electron chi connectivity index (χ4n) is 2.38. The molecule has 20 heavy (non-hydrogen) atoms. The summed E-state index contributed by atoms with van der Waals surface area (Å²) in [6.07, 6.45) is 5.43. The van der Waals surface area contributed by atoms with Crippen LogP contribution in [0.4, 0.5) is 0 Å². The van der Waals surface area contributed by atoms with E-state index in [1.165, 1.54) is 0 Å². The molecule has 1 aliphatic rings. The Morgan fingerprint density at radius 1 is 1.30 bits per heavy atom. The van der Waals surface area contributed by atoms with Gasteiger partial charge in [0.05, 0.1) is 19.0 Å². The fraction of sp³-hybridized carbons (Fsp3) is 0.333. The van der Waals surface area contributed by atoms with Gasteiger partial charge >= 0.3 is 0 Å². The van der Waals surface area contributed by atoms with Crippen LogP contribution in [0.3, 0.4) is 0 Å². The normalized spacial score (nSPS) is 19.3. The Hall–Kier alpha value is -2.14. The van der Waals surface area contributed by atoms with E-state index in [2.05, 4.69) is 4.98 Å². The molecule has 104 valence electrons. The van der Waals surface area contributed by atoms with Gasteiger partial charge in [-0.25, -0.2) is 4.98 Å². The van der Waals surface area contributed by atoms with Crippen LogP contribution in [0.5, 0.6) is 0 Å². The van der Waals surface area contributed by atoms with Crippen molar-refractivity contribution in [2.45, 2.75) is 19.2 Å². The summed E-state index contributed by atoms with van der Waals surface area (Å²) in [6.45, 7) is 2.14. The van der Waals surface area contributed by atoms with Crippen LogP contribution in [-0.2, 0) is 22.6 Å². The minimum absolute atomic E-state index is 0.0191. The number of benzene rings is 1. The summed E-state index contributed by atoms with van der Waals surface area (Å²) >= 11 is 0. The van der Waals surface area contributed by atoms with E-state index in [-0.39, 0.29) is 18.6 Å². The van der Waals surface area contributed by atoms with Crippen LogP contribution < -0.4 is 0 Å². The number of ether oxygens (including phenoxy) is 1. The van der Waals surface area contributed by atoms with E-state index >= 15 is 0 Å². The van der Waals surface area contributed by atoms with Gasteiger partial charge < -0.3 is 14.2 Å². The highest BCUT2D eigenvalue weighted by Gasteiger charge is 2.26. The largest absolute Gasteiger partial charge is 0.365 e. The van der Waals surface area contributed by atoms with E-state index in [1.807, 2.05) is 46.0 Å². The highest BCUT2D eigenvalue weighted by atomic mass is 16.5. The lowest BCUT2D eigenvalue weighted by molar-refractivity contribution is -0.150. The van der Waals surface area contributed by atoms with Gasteiger partial charge in [0.2, 0.25) is 5.91 Å². The molecule has 1 aromatic carbocycles. The SMILES string of the molecule is O=C1COC(Cn2ccnc2)CN1Cc1ccccc1. The Morgan fingerprint density at radius 2 is 2.15 bits per heavy atom. The summed E-state index contributed by atoms with van der Waals surface area (Å²) in [5.74, 6) is 0.0516. The molecule has 1 saturated heterocycles. The summed E-state index contributed by atoms with van der Waals surface area (Å²) in [5, 5.41) is 0. The zero-order valence-corrected chi connectivity index (χ0v) is 11.2. The second-order valence-electron chi connectivity index (χ2n) is 4.95. The van der Waals surface area contributed by atoms with Crippen LogP contribution >= 0.6 is 0 Å². The third-order valence-electron chi connectivity index (χ3n) is 3.41. The standard InChI is InChI=1S/C15H17N3O2/c19-15-11-20-14(9-17-7-6-16-12-17)10-18(15)8-13-4-2-1-3-5-13/h1-7,12,14H,8-11H2. The van der Waals surface area contributed by atoms with E-state index in [0.29, 0.717) is 13.1 Å². The van der Waals surface area contributed by atoms with Crippen molar-refractivity contribution in [3.63, 3.8) is 0 Å².